The van der Waals surface area contributed by atoms with Crippen LogP contribution in [-0.4, -0.2) is 167 Å². The molecule has 16 N–H and O–H groups in total. The van der Waals surface area contributed by atoms with E-state index >= 15 is 24.0 Å². The Hall–Kier alpha value is -11.9. The molecule has 7 aromatic carbocycles. The van der Waals surface area contributed by atoms with Crippen LogP contribution >= 0.6 is 0 Å². The molecule has 33 heteroatoms. The van der Waals surface area contributed by atoms with Crippen LogP contribution in [0.15, 0.2) is 149 Å². The van der Waals surface area contributed by atoms with Gasteiger partial charge in [0.1, 0.15) is 71.1 Å². The maximum Gasteiger partial charge on any atom is 0.407 e. The number of guanidine groups is 2. The van der Waals surface area contributed by atoms with Gasteiger partial charge in [-0.1, -0.05) is 153 Å². The maximum atomic E-state index is 15.9. The molecule has 682 valence electrons. The molecule has 0 unspecified atom stereocenters. The number of ether oxygens (including phenoxy) is 4. The molecule has 0 saturated carbocycles. The summed E-state index contributed by atoms with van der Waals surface area (Å²) in [5.74, 6) is -8.03. The van der Waals surface area contributed by atoms with Crippen molar-refractivity contribution in [2.75, 3.05) is 26.2 Å². The van der Waals surface area contributed by atoms with Gasteiger partial charge in [-0.15, -0.1) is 0 Å². The number of amides is 7. The van der Waals surface area contributed by atoms with Crippen LogP contribution in [0.1, 0.15) is 192 Å². The molecule has 10 rings (SSSR count). The highest BCUT2D eigenvalue weighted by Crippen LogP contribution is 2.47. The minimum Gasteiger partial charge on any atom is -0.487 e. The van der Waals surface area contributed by atoms with Gasteiger partial charge in [0.2, 0.25) is 47.4 Å². The van der Waals surface area contributed by atoms with E-state index in [-0.39, 0.29) is 73.4 Å². The second-order valence-corrected chi connectivity index (χ2v) is 38.8. The first-order valence-electron chi connectivity index (χ1n) is 42.8. The lowest BCUT2D eigenvalue weighted by Gasteiger charge is -2.37. The summed E-state index contributed by atoms with van der Waals surface area (Å²) in [6.45, 7) is 26.9. The summed E-state index contributed by atoms with van der Waals surface area (Å²) >= 11 is 0. The van der Waals surface area contributed by atoms with Crippen LogP contribution in [0, 0.1) is 58.3 Å². The third kappa shape index (κ3) is 23.7. The molecule has 31 nitrogen and oxygen atoms in total. The highest BCUT2D eigenvalue weighted by Gasteiger charge is 2.44. The number of nitrogens with one attached hydrogen (secondary N) is 13. The molecule has 0 spiro atoms. The minimum atomic E-state index is -4.47. The van der Waals surface area contributed by atoms with E-state index in [0.717, 1.165) is 22.3 Å². The van der Waals surface area contributed by atoms with Gasteiger partial charge in [-0.3, -0.25) is 39.6 Å². The molecule has 2 heterocycles. The molecule has 1 aliphatic carbocycles. The number of carbonyl (C=O) groups excluding carboxylic acids is 7. The predicted molar refractivity (Wildman–Crippen MR) is 483 cm³/mol. The average Bonchev–Trinajstić information content (AvgIpc) is 1.67. The first-order chi connectivity index (χ1) is 59.8. The molecule has 7 amide bonds. The fraction of sp³-hybridized carbons (Fsp3) is 0.447. The Balaban J connectivity index is 0.970. The first kappa shape index (κ1) is 97.3. The van der Waals surface area contributed by atoms with Crippen molar-refractivity contribution in [1.82, 2.24) is 57.3 Å². The second-order valence-electron chi connectivity index (χ2n) is 35.5. The van der Waals surface area contributed by atoms with E-state index in [1.54, 1.807) is 62.3 Å². The minimum absolute atomic E-state index is 0.0354. The molecular formula is C94H122N14O17S2. The van der Waals surface area contributed by atoms with Crippen molar-refractivity contribution in [3.63, 3.8) is 0 Å². The van der Waals surface area contributed by atoms with E-state index in [2.05, 4.69) is 57.3 Å². The third-order valence-electron chi connectivity index (χ3n) is 23.1. The second kappa shape index (κ2) is 40.8. The van der Waals surface area contributed by atoms with Crippen molar-refractivity contribution in [3.05, 3.63) is 212 Å². The van der Waals surface area contributed by atoms with Crippen LogP contribution in [0.3, 0.4) is 0 Å². The van der Waals surface area contributed by atoms with Crippen molar-refractivity contribution in [1.29, 1.82) is 10.8 Å². The summed E-state index contributed by atoms with van der Waals surface area (Å²) in [6, 6.07) is 32.9. The third-order valence-corrected chi connectivity index (χ3v) is 26.4. The SMILES string of the molecule is Cc1c(C)c(S(=O)(=O)NC(=N)NCCC[C@H](NC(=O)[C@H](CCC(=O)NC(c2ccccc2)(c2ccccc2)c2ccccc2)NC(=O)[C@H](CCCNC(=N)NS(=O)(=O)c2c(C)c(C)c3c(c2C)CC(C)(C)O3)NC(=O)[C@@H](NC(=O)[C@H](CC(C)C)NC(=O)OCC2c3ccccc3-c3ccccc32)[C@@H](C)OC(C)(C)C)C(=O)N[C@@H](CN)C(=O)O)c(C)c2c1OC(C)(C)C2. The molecule has 0 radical (unpaired) electrons. The summed E-state index contributed by atoms with van der Waals surface area (Å²) in [5.41, 5.74) is 12.4. The summed E-state index contributed by atoms with van der Waals surface area (Å²) in [7, 11) is -8.90. The van der Waals surface area contributed by atoms with Gasteiger partial charge in [-0.05, 0) is 214 Å². The van der Waals surface area contributed by atoms with Gasteiger partial charge < -0.3 is 77.6 Å². The Labute approximate surface area is 744 Å². The molecule has 0 saturated heterocycles. The molecule has 7 atom stereocenters. The van der Waals surface area contributed by atoms with E-state index in [4.69, 9.17) is 35.5 Å². The molecule has 7 aromatic rings. The van der Waals surface area contributed by atoms with Gasteiger partial charge in [-0.25, -0.2) is 35.9 Å². The summed E-state index contributed by atoms with van der Waals surface area (Å²) < 4.78 is 86.8. The number of fused-ring (bicyclic) bond motifs is 5. The number of carboxylic acids is 1. The van der Waals surface area contributed by atoms with Crippen molar-refractivity contribution >= 4 is 79.5 Å². The first-order valence-corrected chi connectivity index (χ1v) is 45.8. The van der Waals surface area contributed by atoms with Gasteiger partial charge in [0, 0.05) is 55.9 Å². The lowest BCUT2D eigenvalue weighted by Crippen LogP contribution is -2.62. The lowest BCUT2D eigenvalue weighted by atomic mass is 9.77. The summed E-state index contributed by atoms with van der Waals surface area (Å²) in [5, 5.41) is 52.7. The number of rotatable bonds is 38. The zero-order valence-corrected chi connectivity index (χ0v) is 76.7. The number of hydrogen-bond donors (Lipinski definition) is 15. The van der Waals surface area contributed by atoms with Gasteiger partial charge in [0.15, 0.2) is 0 Å². The average molecular weight is 1780 g/mol. The number of benzene rings is 7. The molecule has 0 fully saturated rings. The van der Waals surface area contributed by atoms with Crippen molar-refractivity contribution in [3.8, 4) is 22.6 Å². The number of alkyl carbamates (subject to hydrolysis) is 1. The van der Waals surface area contributed by atoms with Crippen LogP contribution in [0.5, 0.6) is 11.5 Å². The number of hydrogen-bond acceptors (Lipinski definition) is 19. The fourth-order valence-corrected chi connectivity index (χ4v) is 20.0. The normalized spacial score (nSPS) is 15.4. The van der Waals surface area contributed by atoms with Crippen LogP contribution in [-0.2, 0) is 81.5 Å². The number of sulfonamides is 2. The Morgan fingerprint density at radius 2 is 0.898 bits per heavy atom. The predicted octanol–water partition coefficient (Wildman–Crippen LogP) is 9.34. The standard InChI is InChI=1S/C94H122N14O17S2/c1-53(2)48-74(104-90(117)122-52-70-66-40-28-26-38-64(66)65-39-27-29-41-67(65)70)85(113)105-77(60(9)123-91(10,11)12)86(114)102-72(43-31-47-99-89(97)108-127(120,121)81-57(6)55(4)79-69(59(81)8)50-93(15,16)125-79)82(110)101-73(44-45-76(109)106-94(61-32-20-17-21-33-61,62-34-22-18-23-35-62)63-36-24-19-25-37-63)84(112)100-71(83(111)103-75(51-95)87(115)116)42-30-46-98-88(96)107-126(118,119)80-56(5)54(3)78-68(58(80)7)49-92(13,14)124-78/h17-29,32-41,53,60,70-75,77H,30-31,42-52,95H2,1-16H3,(H,100,112)(H,101,110)(H,102,114)(H,103,111)(H,104,117)(H,105,113)(H,106,109)(H,115,116)(H3,96,98,107)(H3,97,99,108)/t60-,71+,72+,73+,74+,75+,77+/m1/s1. The number of carboxylic acid groups (broad SMARTS) is 1. The Kier molecular flexibility index (Phi) is 31.2. The highest BCUT2D eigenvalue weighted by molar-refractivity contribution is 7.90. The molecular weight excluding hydrogens is 1660 g/mol. The van der Waals surface area contributed by atoms with Crippen molar-refractivity contribution in [2.24, 2.45) is 11.7 Å². The molecule has 127 heavy (non-hydrogen) atoms. The molecule has 0 bridgehead atoms. The smallest absolute Gasteiger partial charge is 0.407 e. The quantitative estimate of drug-likeness (QED) is 0.00741. The van der Waals surface area contributed by atoms with E-state index in [0.29, 0.717) is 85.5 Å². The fourth-order valence-electron chi connectivity index (χ4n) is 17.0. The van der Waals surface area contributed by atoms with Crippen LogP contribution in [0.2, 0.25) is 0 Å². The van der Waals surface area contributed by atoms with Crippen LogP contribution < -0.4 is 72.5 Å². The summed E-state index contributed by atoms with van der Waals surface area (Å²) in [6.07, 6.45) is -3.38. The van der Waals surface area contributed by atoms with E-state index < -0.39 is 164 Å². The highest BCUT2D eigenvalue weighted by atomic mass is 32.2. The van der Waals surface area contributed by atoms with E-state index in [1.165, 1.54) is 6.92 Å². The van der Waals surface area contributed by atoms with Gasteiger partial charge in [0.05, 0.1) is 21.5 Å². The number of aliphatic carboxylic acids is 1. The zero-order valence-electron chi connectivity index (χ0n) is 75.0. The lowest BCUT2D eigenvalue weighted by molar-refractivity contribution is -0.142. The van der Waals surface area contributed by atoms with Crippen LogP contribution in [0.4, 0.5) is 4.79 Å². The number of nitrogens with two attached hydrogens (primary N) is 1. The van der Waals surface area contributed by atoms with Gasteiger partial charge in [-0.2, -0.15) is 0 Å². The van der Waals surface area contributed by atoms with Crippen molar-refractivity contribution < 1.29 is 79.2 Å². The van der Waals surface area contributed by atoms with E-state index in [9.17, 15) is 36.3 Å². The topological polar surface area (TPSA) is 468 Å². The number of carbonyl (C=O) groups is 8. The zero-order chi connectivity index (χ0) is 93.0. The molecule has 2 aliphatic heterocycles. The van der Waals surface area contributed by atoms with Gasteiger partial charge >= 0.3 is 12.1 Å². The molecule has 0 aromatic heterocycles. The Morgan fingerprint density at radius 1 is 0.512 bits per heavy atom. The van der Waals surface area contributed by atoms with E-state index in [1.807, 2.05) is 181 Å². The Morgan fingerprint density at radius 3 is 1.30 bits per heavy atom. The largest absolute Gasteiger partial charge is 0.487 e. The van der Waals surface area contributed by atoms with Crippen LogP contribution in [0.25, 0.3) is 11.1 Å². The van der Waals surface area contributed by atoms with Crippen molar-refractivity contribution in [2.45, 2.75) is 249 Å². The molecule has 3 aliphatic rings. The van der Waals surface area contributed by atoms with Gasteiger partial charge in [0.25, 0.3) is 20.0 Å². The Bertz CT molecular complexity index is 5370. The summed E-state index contributed by atoms with van der Waals surface area (Å²) in [4.78, 5) is 119. The monoisotopic (exact) mass is 1780 g/mol. The maximum absolute atomic E-state index is 15.9.